The van der Waals surface area contributed by atoms with Gasteiger partial charge in [-0.2, -0.15) is 0 Å². The van der Waals surface area contributed by atoms with Gasteiger partial charge in [0.05, 0.1) is 15.9 Å². The minimum Gasteiger partial charge on any atom is -0.464 e. The van der Waals surface area contributed by atoms with Crippen LogP contribution in [0.4, 0.5) is 5.69 Å². The van der Waals surface area contributed by atoms with Crippen molar-refractivity contribution >= 4 is 45.7 Å². The Hall–Kier alpha value is -2.77. The normalized spacial score (nSPS) is 13.4. The minimum atomic E-state index is -0.828. The van der Waals surface area contributed by atoms with E-state index in [1.165, 1.54) is 6.33 Å². The number of carbonyl (C=O) groups excluding carboxylic acids is 1. The first-order chi connectivity index (χ1) is 13.0. The van der Waals surface area contributed by atoms with Crippen molar-refractivity contribution in [3.8, 4) is 17.4 Å². The maximum Gasteiger partial charge on any atom is 0.265 e. The zero-order valence-electron chi connectivity index (χ0n) is 14.0. The molecule has 1 aliphatic rings. The number of nitrogens with zero attached hydrogens (tertiary/aromatic N) is 2. The number of nitrogens with one attached hydrogen (secondary N) is 1. The van der Waals surface area contributed by atoms with Gasteiger partial charge in [-0.25, -0.2) is 9.97 Å². The van der Waals surface area contributed by atoms with E-state index in [9.17, 15) is 4.79 Å². The summed E-state index contributed by atoms with van der Waals surface area (Å²) in [4.78, 5) is 20.7. The number of aromatic nitrogens is 2. The van der Waals surface area contributed by atoms with Gasteiger partial charge < -0.3 is 19.5 Å². The first kappa shape index (κ1) is 17.6. The molecule has 4 rings (SSSR count). The van der Waals surface area contributed by atoms with Crippen LogP contribution in [0.15, 0.2) is 36.7 Å². The molecule has 27 heavy (non-hydrogen) atoms. The highest BCUT2D eigenvalue weighted by Crippen LogP contribution is 2.34. The largest absolute Gasteiger partial charge is 0.464 e. The first-order valence-electron chi connectivity index (χ1n) is 7.98. The van der Waals surface area contributed by atoms with Crippen LogP contribution in [0.25, 0.3) is 10.9 Å². The molecule has 1 N–H and O–H groups in total. The molecule has 0 fully saturated rings. The summed E-state index contributed by atoms with van der Waals surface area (Å²) in [5.74, 6) is 1.08. The zero-order chi connectivity index (χ0) is 19.0. The lowest BCUT2D eigenvalue weighted by Crippen LogP contribution is -2.30. The molecule has 3 aromatic rings. The number of amides is 1. The highest BCUT2D eigenvalue weighted by atomic mass is 35.5. The molecule has 1 atom stereocenters. The zero-order valence-corrected chi connectivity index (χ0v) is 15.5. The number of halogens is 2. The fourth-order valence-electron chi connectivity index (χ4n) is 2.60. The van der Waals surface area contributed by atoms with Crippen molar-refractivity contribution in [2.45, 2.75) is 13.0 Å². The topological polar surface area (TPSA) is 82.6 Å². The van der Waals surface area contributed by atoms with Crippen LogP contribution in [0, 0.1) is 0 Å². The summed E-state index contributed by atoms with van der Waals surface area (Å²) in [6, 6.07) is 8.36. The van der Waals surface area contributed by atoms with Gasteiger partial charge in [-0.05, 0) is 31.2 Å². The molecule has 2 heterocycles. The average molecular weight is 406 g/mol. The molecule has 1 aromatic heterocycles. The third-order valence-corrected chi connectivity index (χ3v) is 4.42. The van der Waals surface area contributed by atoms with Crippen molar-refractivity contribution in [3.05, 3.63) is 46.7 Å². The molecule has 138 valence electrons. The van der Waals surface area contributed by atoms with Gasteiger partial charge in [-0.1, -0.05) is 23.2 Å². The number of rotatable bonds is 4. The van der Waals surface area contributed by atoms with Crippen molar-refractivity contribution in [3.63, 3.8) is 0 Å². The number of anilines is 1. The summed E-state index contributed by atoms with van der Waals surface area (Å²) in [5.41, 5.74) is 1.06. The van der Waals surface area contributed by atoms with Crippen LogP contribution in [-0.2, 0) is 4.79 Å². The SMILES string of the molecule is C[C@H](Oc1ncnc2c(Cl)cc(Cl)cc12)C(=O)Nc1ccc2c(c1)OCO2. The second-order valence-electron chi connectivity index (χ2n) is 5.78. The lowest BCUT2D eigenvalue weighted by molar-refractivity contribution is -0.122. The highest BCUT2D eigenvalue weighted by Gasteiger charge is 2.20. The van der Waals surface area contributed by atoms with Crippen LogP contribution in [0.3, 0.4) is 0 Å². The Morgan fingerprint density at radius 3 is 2.85 bits per heavy atom. The molecule has 7 nitrogen and oxygen atoms in total. The quantitative estimate of drug-likeness (QED) is 0.704. The predicted octanol–water partition coefficient (Wildman–Crippen LogP) is 4.07. The minimum absolute atomic E-state index is 0.165. The second kappa shape index (κ2) is 7.09. The number of benzene rings is 2. The Labute approximate surface area is 164 Å². The second-order valence-corrected chi connectivity index (χ2v) is 6.62. The molecule has 0 saturated carbocycles. The Morgan fingerprint density at radius 2 is 2.00 bits per heavy atom. The van der Waals surface area contributed by atoms with Crippen molar-refractivity contribution in [1.82, 2.24) is 9.97 Å². The lowest BCUT2D eigenvalue weighted by atomic mass is 10.2. The standard InChI is InChI=1S/C18H13Cl2N3O4/c1-9(17(24)23-11-2-3-14-15(6-11)26-8-25-14)27-18-12-4-10(19)5-13(20)16(12)21-7-22-18/h2-7,9H,8H2,1H3,(H,23,24)/t9-/m0/s1. The molecular weight excluding hydrogens is 393 g/mol. The van der Waals surface area contributed by atoms with Crippen LogP contribution in [0.2, 0.25) is 10.0 Å². The molecule has 9 heteroatoms. The van der Waals surface area contributed by atoms with Gasteiger partial charge in [0.1, 0.15) is 6.33 Å². The number of hydrogen-bond acceptors (Lipinski definition) is 6. The molecule has 0 saturated heterocycles. The van der Waals surface area contributed by atoms with Gasteiger partial charge in [0.25, 0.3) is 5.91 Å². The van der Waals surface area contributed by atoms with Gasteiger partial charge >= 0.3 is 0 Å². The van der Waals surface area contributed by atoms with Gasteiger partial charge in [0.2, 0.25) is 12.7 Å². The van der Waals surface area contributed by atoms with E-state index in [4.69, 9.17) is 37.4 Å². The summed E-state index contributed by atoms with van der Waals surface area (Å²) in [5, 5.41) is 4.09. The maximum atomic E-state index is 12.5. The number of carbonyl (C=O) groups is 1. The van der Waals surface area contributed by atoms with E-state index in [1.54, 1.807) is 37.3 Å². The van der Waals surface area contributed by atoms with Crippen LogP contribution in [0.1, 0.15) is 6.92 Å². The van der Waals surface area contributed by atoms with Crippen LogP contribution >= 0.6 is 23.2 Å². The molecule has 0 spiro atoms. The van der Waals surface area contributed by atoms with E-state index in [2.05, 4.69) is 15.3 Å². The highest BCUT2D eigenvalue weighted by molar-refractivity contribution is 6.38. The molecule has 0 unspecified atom stereocenters. The number of ether oxygens (including phenoxy) is 3. The number of fused-ring (bicyclic) bond motifs is 2. The van der Waals surface area contributed by atoms with Gasteiger partial charge in [0.15, 0.2) is 17.6 Å². The van der Waals surface area contributed by atoms with Crippen molar-refractivity contribution in [1.29, 1.82) is 0 Å². The summed E-state index contributed by atoms with van der Waals surface area (Å²) < 4.78 is 16.3. The summed E-state index contributed by atoms with van der Waals surface area (Å²) >= 11 is 12.2. The van der Waals surface area contributed by atoms with Crippen molar-refractivity contribution in [2.24, 2.45) is 0 Å². The molecular formula is C18H13Cl2N3O4. The summed E-state index contributed by atoms with van der Waals surface area (Å²) in [6.07, 6.45) is 0.492. The van der Waals surface area contributed by atoms with Crippen LogP contribution in [-0.4, -0.2) is 28.8 Å². The molecule has 1 amide bonds. The molecule has 2 aromatic carbocycles. The fourth-order valence-corrected chi connectivity index (χ4v) is 3.14. The summed E-state index contributed by atoms with van der Waals surface area (Å²) in [6.45, 7) is 1.78. The van der Waals surface area contributed by atoms with E-state index in [1.807, 2.05) is 0 Å². The fraction of sp³-hybridized carbons (Fsp3) is 0.167. The third-order valence-electron chi connectivity index (χ3n) is 3.92. The summed E-state index contributed by atoms with van der Waals surface area (Å²) in [7, 11) is 0. The lowest BCUT2D eigenvalue weighted by Gasteiger charge is -2.15. The van der Waals surface area contributed by atoms with Gasteiger partial charge in [-0.3, -0.25) is 4.79 Å². The molecule has 0 aliphatic carbocycles. The predicted molar refractivity (Wildman–Crippen MR) is 101 cm³/mol. The van der Waals surface area contributed by atoms with Gasteiger partial charge in [-0.15, -0.1) is 0 Å². The average Bonchev–Trinajstić information content (AvgIpc) is 3.10. The smallest absolute Gasteiger partial charge is 0.265 e. The van der Waals surface area contributed by atoms with E-state index >= 15 is 0 Å². The van der Waals surface area contributed by atoms with E-state index in [-0.39, 0.29) is 18.6 Å². The van der Waals surface area contributed by atoms with Crippen LogP contribution < -0.4 is 19.5 Å². The maximum absolute atomic E-state index is 12.5. The molecule has 0 bridgehead atoms. The molecule has 0 radical (unpaired) electrons. The Morgan fingerprint density at radius 1 is 1.19 bits per heavy atom. The Kier molecular flexibility index (Phi) is 4.63. The van der Waals surface area contributed by atoms with E-state index in [0.717, 1.165) is 0 Å². The van der Waals surface area contributed by atoms with Gasteiger partial charge in [0, 0.05) is 16.8 Å². The van der Waals surface area contributed by atoms with E-state index < -0.39 is 6.10 Å². The molecule has 1 aliphatic heterocycles. The first-order valence-corrected chi connectivity index (χ1v) is 8.74. The Balaban J connectivity index is 1.53. The number of hydrogen-bond donors (Lipinski definition) is 1. The van der Waals surface area contributed by atoms with Crippen molar-refractivity contribution < 1.29 is 19.0 Å². The van der Waals surface area contributed by atoms with Crippen LogP contribution in [0.5, 0.6) is 17.4 Å². The monoisotopic (exact) mass is 405 g/mol. The van der Waals surface area contributed by atoms with Crippen molar-refractivity contribution in [2.75, 3.05) is 12.1 Å². The third kappa shape index (κ3) is 3.56. The van der Waals surface area contributed by atoms with E-state index in [0.29, 0.717) is 38.1 Å². The Bertz CT molecular complexity index is 1040.